The molecule has 0 spiro atoms. The molecule has 1 heterocycles. The summed E-state index contributed by atoms with van der Waals surface area (Å²) in [5.74, 6) is 1.20. The molecule has 0 aliphatic carbocycles. The highest BCUT2D eigenvalue weighted by Gasteiger charge is 2.27. The van der Waals surface area contributed by atoms with Crippen LogP contribution in [0, 0.1) is 0 Å². The van der Waals surface area contributed by atoms with Crippen molar-refractivity contribution >= 4 is 11.6 Å². The summed E-state index contributed by atoms with van der Waals surface area (Å²) in [6.07, 6.45) is 0.717. The van der Waals surface area contributed by atoms with Crippen LogP contribution >= 0.6 is 11.6 Å². The van der Waals surface area contributed by atoms with Crippen molar-refractivity contribution in [1.82, 2.24) is 9.80 Å². The van der Waals surface area contributed by atoms with Gasteiger partial charge in [-0.05, 0) is 37.6 Å². The SMILES string of the molecule is CCOc1ccccc1CN1CCN(Cc2cc(Cl)ccc2O)CC1CCO. The molecular formula is C22H29ClN2O3. The maximum absolute atomic E-state index is 10.1. The monoisotopic (exact) mass is 404 g/mol. The van der Waals surface area contributed by atoms with Crippen molar-refractivity contribution < 1.29 is 14.9 Å². The first-order chi connectivity index (χ1) is 13.6. The molecule has 0 aromatic heterocycles. The summed E-state index contributed by atoms with van der Waals surface area (Å²) in [4.78, 5) is 4.74. The topological polar surface area (TPSA) is 56.2 Å². The Balaban J connectivity index is 1.68. The third kappa shape index (κ3) is 5.39. The van der Waals surface area contributed by atoms with E-state index < -0.39 is 0 Å². The molecular weight excluding hydrogens is 376 g/mol. The fourth-order valence-electron chi connectivity index (χ4n) is 3.80. The lowest BCUT2D eigenvalue weighted by Gasteiger charge is -2.41. The third-order valence-corrected chi connectivity index (χ3v) is 5.47. The Morgan fingerprint density at radius 3 is 2.71 bits per heavy atom. The van der Waals surface area contributed by atoms with Crippen LogP contribution in [0.3, 0.4) is 0 Å². The predicted molar refractivity (Wildman–Crippen MR) is 112 cm³/mol. The first-order valence-electron chi connectivity index (χ1n) is 9.86. The number of phenols is 1. The Kier molecular flexibility index (Phi) is 7.57. The molecule has 1 unspecified atom stereocenters. The van der Waals surface area contributed by atoms with Crippen molar-refractivity contribution in [3.63, 3.8) is 0 Å². The second-order valence-electron chi connectivity index (χ2n) is 7.19. The number of aromatic hydroxyl groups is 1. The van der Waals surface area contributed by atoms with Gasteiger partial charge in [-0.1, -0.05) is 29.8 Å². The normalized spacial score (nSPS) is 18.3. The molecule has 0 amide bonds. The Morgan fingerprint density at radius 1 is 1.11 bits per heavy atom. The Hall–Kier alpha value is -1.79. The van der Waals surface area contributed by atoms with Gasteiger partial charge in [0.1, 0.15) is 11.5 Å². The van der Waals surface area contributed by atoms with Crippen LogP contribution in [0.5, 0.6) is 11.5 Å². The van der Waals surface area contributed by atoms with Crippen molar-refractivity contribution in [1.29, 1.82) is 0 Å². The summed E-state index contributed by atoms with van der Waals surface area (Å²) < 4.78 is 5.77. The zero-order valence-electron chi connectivity index (χ0n) is 16.4. The van der Waals surface area contributed by atoms with E-state index in [1.807, 2.05) is 31.2 Å². The summed E-state index contributed by atoms with van der Waals surface area (Å²) in [6, 6.07) is 13.6. The molecule has 2 aromatic rings. The van der Waals surface area contributed by atoms with Crippen LogP contribution in [-0.2, 0) is 13.1 Å². The summed E-state index contributed by atoms with van der Waals surface area (Å²) in [7, 11) is 0. The van der Waals surface area contributed by atoms with Crippen LogP contribution < -0.4 is 4.74 Å². The van der Waals surface area contributed by atoms with Gasteiger partial charge in [-0.3, -0.25) is 9.80 Å². The van der Waals surface area contributed by atoms with Gasteiger partial charge >= 0.3 is 0 Å². The fourth-order valence-corrected chi connectivity index (χ4v) is 4.00. The van der Waals surface area contributed by atoms with Gasteiger partial charge < -0.3 is 14.9 Å². The molecule has 0 bridgehead atoms. The van der Waals surface area contributed by atoms with E-state index in [0.717, 1.165) is 43.9 Å². The lowest BCUT2D eigenvalue weighted by atomic mass is 10.1. The minimum atomic E-state index is 0.157. The predicted octanol–water partition coefficient (Wildman–Crippen LogP) is 3.51. The number of nitrogens with zero attached hydrogens (tertiary/aromatic N) is 2. The van der Waals surface area contributed by atoms with Gasteiger partial charge in [0.05, 0.1) is 6.61 Å². The number of halogens is 1. The highest BCUT2D eigenvalue weighted by molar-refractivity contribution is 6.30. The molecule has 152 valence electrons. The molecule has 2 N–H and O–H groups in total. The number of aliphatic hydroxyl groups is 1. The largest absolute Gasteiger partial charge is 0.508 e. The second-order valence-corrected chi connectivity index (χ2v) is 7.62. The third-order valence-electron chi connectivity index (χ3n) is 5.23. The van der Waals surface area contributed by atoms with Crippen LogP contribution in [0.25, 0.3) is 0 Å². The number of aliphatic hydroxyl groups excluding tert-OH is 1. The maximum Gasteiger partial charge on any atom is 0.123 e. The van der Waals surface area contributed by atoms with E-state index in [2.05, 4.69) is 15.9 Å². The molecule has 5 nitrogen and oxygen atoms in total. The van der Waals surface area contributed by atoms with Crippen molar-refractivity contribution in [3.8, 4) is 11.5 Å². The van der Waals surface area contributed by atoms with Gasteiger partial charge in [-0.15, -0.1) is 0 Å². The van der Waals surface area contributed by atoms with Crippen LogP contribution in [0.4, 0.5) is 0 Å². The van der Waals surface area contributed by atoms with E-state index >= 15 is 0 Å². The number of phenolic OH excluding ortho intramolecular Hbond substituents is 1. The van der Waals surface area contributed by atoms with E-state index in [-0.39, 0.29) is 18.4 Å². The standard InChI is InChI=1S/C22H29ClN2O3/c1-2-28-22-6-4-3-5-17(22)15-25-11-10-24(16-20(25)9-12-26)14-18-13-19(23)7-8-21(18)27/h3-8,13,20,26-27H,2,9-12,14-16H2,1H3. The lowest BCUT2D eigenvalue weighted by molar-refractivity contribution is 0.0491. The molecule has 2 aromatic carbocycles. The smallest absolute Gasteiger partial charge is 0.123 e. The highest BCUT2D eigenvalue weighted by atomic mass is 35.5. The van der Waals surface area contributed by atoms with Crippen molar-refractivity contribution in [3.05, 3.63) is 58.6 Å². The highest BCUT2D eigenvalue weighted by Crippen LogP contribution is 2.26. The van der Waals surface area contributed by atoms with E-state index in [0.29, 0.717) is 18.2 Å². The average molecular weight is 405 g/mol. The van der Waals surface area contributed by atoms with Gasteiger partial charge in [0, 0.05) is 61.5 Å². The number of benzene rings is 2. The number of rotatable bonds is 8. The molecule has 0 radical (unpaired) electrons. The van der Waals surface area contributed by atoms with E-state index in [4.69, 9.17) is 16.3 Å². The summed E-state index contributed by atoms with van der Waals surface area (Å²) in [5, 5.41) is 20.3. The van der Waals surface area contributed by atoms with E-state index in [1.165, 1.54) is 5.56 Å². The molecule has 28 heavy (non-hydrogen) atoms. The zero-order chi connectivity index (χ0) is 19.9. The quantitative estimate of drug-likeness (QED) is 0.705. The van der Waals surface area contributed by atoms with Crippen molar-refractivity contribution in [2.75, 3.05) is 32.8 Å². The van der Waals surface area contributed by atoms with Crippen molar-refractivity contribution in [2.45, 2.75) is 32.5 Å². The fraction of sp³-hybridized carbons (Fsp3) is 0.455. The van der Waals surface area contributed by atoms with Crippen molar-refractivity contribution in [2.24, 2.45) is 0 Å². The Morgan fingerprint density at radius 2 is 1.93 bits per heavy atom. The number of ether oxygens (including phenoxy) is 1. The first kappa shape index (κ1) is 20.9. The van der Waals surface area contributed by atoms with Gasteiger partial charge in [-0.25, -0.2) is 0 Å². The van der Waals surface area contributed by atoms with E-state index in [9.17, 15) is 10.2 Å². The second kappa shape index (κ2) is 10.1. The molecule has 1 fully saturated rings. The van der Waals surface area contributed by atoms with Gasteiger partial charge in [0.25, 0.3) is 0 Å². The summed E-state index contributed by atoms with van der Waals surface area (Å²) >= 11 is 6.08. The molecule has 3 rings (SSSR count). The first-order valence-corrected chi connectivity index (χ1v) is 10.2. The average Bonchev–Trinajstić information content (AvgIpc) is 2.68. The van der Waals surface area contributed by atoms with Gasteiger partial charge in [-0.2, -0.15) is 0 Å². The van der Waals surface area contributed by atoms with Crippen LogP contribution in [-0.4, -0.2) is 58.9 Å². The number of hydrogen-bond acceptors (Lipinski definition) is 5. The number of piperazine rings is 1. The number of hydrogen-bond donors (Lipinski definition) is 2. The lowest BCUT2D eigenvalue weighted by Crippen LogP contribution is -2.52. The molecule has 0 saturated carbocycles. The van der Waals surface area contributed by atoms with Crippen LogP contribution in [0.1, 0.15) is 24.5 Å². The summed E-state index contributed by atoms with van der Waals surface area (Å²) in [6.45, 7) is 6.88. The Labute approximate surface area is 172 Å². The zero-order valence-corrected chi connectivity index (χ0v) is 17.1. The molecule has 1 aliphatic rings. The number of para-hydroxylation sites is 1. The Bertz CT molecular complexity index is 771. The van der Waals surface area contributed by atoms with Crippen LogP contribution in [0.15, 0.2) is 42.5 Å². The van der Waals surface area contributed by atoms with Gasteiger partial charge in [0.2, 0.25) is 0 Å². The summed E-state index contributed by atoms with van der Waals surface area (Å²) in [5.41, 5.74) is 2.01. The molecule has 6 heteroatoms. The molecule has 1 aliphatic heterocycles. The molecule has 1 atom stereocenters. The maximum atomic E-state index is 10.1. The van der Waals surface area contributed by atoms with Gasteiger partial charge in [0.15, 0.2) is 0 Å². The van der Waals surface area contributed by atoms with E-state index in [1.54, 1.807) is 12.1 Å². The van der Waals surface area contributed by atoms with Crippen LogP contribution in [0.2, 0.25) is 5.02 Å². The minimum Gasteiger partial charge on any atom is -0.508 e. The minimum absolute atomic E-state index is 0.157. The molecule has 1 saturated heterocycles.